The Morgan fingerprint density at radius 3 is 2.54 bits per heavy atom. The van der Waals surface area contributed by atoms with Crippen LogP contribution in [-0.4, -0.2) is 36.3 Å². The third-order valence-corrected chi connectivity index (χ3v) is 4.60. The summed E-state index contributed by atoms with van der Waals surface area (Å²) >= 11 is 4.79. The molecule has 1 rings (SSSR count). The van der Waals surface area contributed by atoms with Gasteiger partial charge in [-0.2, -0.15) is 0 Å². The Morgan fingerprint density at radius 1 is 1.25 bits per heavy atom. The first-order chi connectivity index (χ1) is 11.4. The topological polar surface area (TPSA) is 84.5 Å². The Balaban J connectivity index is 2.27. The van der Waals surface area contributed by atoms with E-state index in [1.165, 1.54) is 11.8 Å². The molecular formula is C16H21BrN2O4S. The molecule has 2 N–H and O–H groups in total. The molecule has 0 bridgehead atoms. The molecule has 6 nitrogen and oxygen atoms in total. The third-order valence-electron chi connectivity index (χ3n) is 2.88. The fourth-order valence-electron chi connectivity index (χ4n) is 1.57. The van der Waals surface area contributed by atoms with Crippen LogP contribution >= 0.6 is 27.7 Å². The molecule has 0 saturated carbocycles. The summed E-state index contributed by atoms with van der Waals surface area (Å²) in [5.74, 6) is -0.474. The molecule has 0 aromatic heterocycles. The summed E-state index contributed by atoms with van der Waals surface area (Å²) in [5, 5.41) is 4.18. The van der Waals surface area contributed by atoms with E-state index in [1.54, 1.807) is 6.92 Å². The lowest BCUT2D eigenvalue weighted by molar-refractivity contribution is -0.147. The number of urea groups is 1. The smallest absolute Gasteiger partial charge is 0.321 e. The highest BCUT2D eigenvalue weighted by atomic mass is 79.9. The number of imide groups is 1. The van der Waals surface area contributed by atoms with Crippen LogP contribution in [0.15, 0.2) is 28.7 Å². The van der Waals surface area contributed by atoms with E-state index in [2.05, 4.69) is 26.6 Å². The largest absolute Gasteiger partial charge is 0.455 e. The van der Waals surface area contributed by atoms with Crippen LogP contribution in [0, 0.1) is 0 Å². The highest BCUT2D eigenvalue weighted by molar-refractivity contribution is 9.10. The fourth-order valence-corrected chi connectivity index (χ4v) is 2.67. The van der Waals surface area contributed by atoms with Crippen molar-refractivity contribution in [1.82, 2.24) is 10.6 Å². The average Bonchev–Trinajstić information content (AvgIpc) is 2.57. The second-order valence-corrected chi connectivity index (χ2v) is 7.24. The van der Waals surface area contributed by atoms with Gasteiger partial charge >= 0.3 is 12.0 Å². The van der Waals surface area contributed by atoms with E-state index in [-0.39, 0.29) is 0 Å². The van der Waals surface area contributed by atoms with E-state index in [1.807, 2.05) is 31.2 Å². The van der Waals surface area contributed by atoms with Crippen molar-refractivity contribution in [3.63, 3.8) is 0 Å². The number of carbonyl (C=O) groups is 3. The van der Waals surface area contributed by atoms with Crippen molar-refractivity contribution >= 4 is 45.6 Å². The number of amides is 3. The van der Waals surface area contributed by atoms with Crippen LogP contribution < -0.4 is 10.6 Å². The Morgan fingerprint density at radius 2 is 1.92 bits per heavy atom. The van der Waals surface area contributed by atoms with Crippen molar-refractivity contribution in [3.05, 3.63) is 34.3 Å². The molecule has 24 heavy (non-hydrogen) atoms. The summed E-state index contributed by atoms with van der Waals surface area (Å²) in [6.45, 7) is 3.62. The first-order valence-electron chi connectivity index (χ1n) is 7.52. The highest BCUT2D eigenvalue weighted by Crippen LogP contribution is 2.20. The first-order valence-corrected chi connectivity index (χ1v) is 9.37. The number of thioether (sulfide) groups is 1. The normalized spacial score (nSPS) is 11.5. The molecule has 0 aliphatic carbocycles. The van der Waals surface area contributed by atoms with Crippen LogP contribution in [0.25, 0.3) is 0 Å². The summed E-state index contributed by atoms with van der Waals surface area (Å²) in [5.41, 5.74) is 1.09. The number of nitrogens with one attached hydrogen (secondary N) is 2. The number of benzene rings is 1. The molecule has 3 amide bonds. The Kier molecular flexibility index (Phi) is 9.48. The predicted octanol–water partition coefficient (Wildman–Crippen LogP) is 2.85. The number of esters is 1. The van der Waals surface area contributed by atoms with Gasteiger partial charge in [-0.15, -0.1) is 11.8 Å². The molecule has 0 unspecified atom stereocenters. The van der Waals surface area contributed by atoms with Crippen molar-refractivity contribution in [2.24, 2.45) is 0 Å². The van der Waals surface area contributed by atoms with Crippen LogP contribution in [0.3, 0.4) is 0 Å². The summed E-state index contributed by atoms with van der Waals surface area (Å²) in [6, 6.07) is 7.23. The van der Waals surface area contributed by atoms with Crippen molar-refractivity contribution < 1.29 is 19.1 Å². The highest BCUT2D eigenvalue weighted by Gasteiger charge is 2.17. The first kappa shape index (κ1) is 20.5. The quantitative estimate of drug-likeness (QED) is 0.636. The Labute approximate surface area is 154 Å². The minimum atomic E-state index is -0.651. The summed E-state index contributed by atoms with van der Waals surface area (Å²) in [4.78, 5) is 34.6. The van der Waals surface area contributed by atoms with E-state index in [0.29, 0.717) is 12.3 Å². The van der Waals surface area contributed by atoms with Crippen LogP contribution in [0.5, 0.6) is 0 Å². The lowest BCUT2D eigenvalue weighted by Crippen LogP contribution is -2.41. The lowest BCUT2D eigenvalue weighted by atomic mass is 10.2. The van der Waals surface area contributed by atoms with Gasteiger partial charge in [-0.05, 0) is 31.0 Å². The van der Waals surface area contributed by atoms with Crippen molar-refractivity contribution in [1.29, 1.82) is 0 Å². The lowest BCUT2D eigenvalue weighted by Gasteiger charge is -2.11. The molecule has 8 heteroatoms. The maximum atomic E-state index is 11.8. The molecule has 132 valence electrons. The maximum absolute atomic E-state index is 11.8. The van der Waals surface area contributed by atoms with Crippen molar-refractivity contribution in [3.8, 4) is 0 Å². The van der Waals surface area contributed by atoms with Gasteiger partial charge in [0.2, 0.25) is 0 Å². The minimum absolute atomic E-state index is 0.407. The van der Waals surface area contributed by atoms with Crippen LogP contribution in [0.4, 0.5) is 4.79 Å². The molecule has 0 aliphatic rings. The van der Waals surface area contributed by atoms with Gasteiger partial charge < -0.3 is 10.1 Å². The summed E-state index contributed by atoms with van der Waals surface area (Å²) in [7, 11) is 0. The van der Waals surface area contributed by atoms with Gasteiger partial charge in [0.05, 0.1) is 5.25 Å². The van der Waals surface area contributed by atoms with E-state index in [9.17, 15) is 14.4 Å². The van der Waals surface area contributed by atoms with Crippen LogP contribution in [0.1, 0.15) is 25.8 Å². The zero-order chi connectivity index (χ0) is 17.9. The number of ether oxygens (including phenoxy) is 1. The molecule has 0 fully saturated rings. The van der Waals surface area contributed by atoms with E-state index >= 15 is 0 Å². The van der Waals surface area contributed by atoms with Gasteiger partial charge in [0.1, 0.15) is 0 Å². The number of hydrogen-bond acceptors (Lipinski definition) is 5. The molecule has 0 spiro atoms. The number of halogens is 1. The average molecular weight is 417 g/mol. The van der Waals surface area contributed by atoms with E-state index < -0.39 is 29.8 Å². The van der Waals surface area contributed by atoms with Gasteiger partial charge in [0, 0.05) is 16.8 Å². The molecule has 0 heterocycles. The molecule has 0 radical (unpaired) electrons. The van der Waals surface area contributed by atoms with Gasteiger partial charge in [0.15, 0.2) is 6.61 Å². The molecule has 0 aliphatic heterocycles. The third kappa shape index (κ3) is 8.35. The van der Waals surface area contributed by atoms with Crippen LogP contribution in [0.2, 0.25) is 0 Å². The second-order valence-electron chi connectivity index (χ2n) is 4.99. The SMILES string of the molecule is CCCNC(=O)NC(=O)COC(=O)[C@@H](C)SCc1ccc(Br)cc1. The van der Waals surface area contributed by atoms with Crippen molar-refractivity contribution in [2.45, 2.75) is 31.3 Å². The standard InChI is InChI=1S/C16H21BrN2O4S/c1-3-8-18-16(22)19-14(20)9-23-15(21)11(2)24-10-12-4-6-13(17)7-5-12/h4-7,11H,3,8-10H2,1-2H3,(H2,18,19,20,22)/t11-/m1/s1. The van der Waals surface area contributed by atoms with Gasteiger partial charge in [-0.25, -0.2) is 4.79 Å². The van der Waals surface area contributed by atoms with Crippen LogP contribution in [-0.2, 0) is 20.1 Å². The summed E-state index contributed by atoms with van der Waals surface area (Å²) < 4.78 is 5.92. The molecule has 1 atom stereocenters. The maximum Gasteiger partial charge on any atom is 0.321 e. The summed E-state index contributed by atoms with van der Waals surface area (Å²) in [6.07, 6.45) is 0.768. The van der Waals surface area contributed by atoms with Crippen molar-refractivity contribution in [2.75, 3.05) is 13.2 Å². The number of hydrogen-bond donors (Lipinski definition) is 2. The van der Waals surface area contributed by atoms with E-state index in [4.69, 9.17) is 4.74 Å². The fraction of sp³-hybridized carbons (Fsp3) is 0.438. The molecule has 1 aromatic carbocycles. The molecule has 0 saturated heterocycles. The Bertz CT molecular complexity index is 566. The zero-order valence-corrected chi connectivity index (χ0v) is 16.0. The van der Waals surface area contributed by atoms with Gasteiger partial charge in [0.25, 0.3) is 5.91 Å². The number of carbonyl (C=O) groups excluding carboxylic acids is 3. The zero-order valence-electron chi connectivity index (χ0n) is 13.6. The molecule has 1 aromatic rings. The van der Waals surface area contributed by atoms with E-state index in [0.717, 1.165) is 16.5 Å². The van der Waals surface area contributed by atoms with Gasteiger partial charge in [-0.1, -0.05) is 35.0 Å². The minimum Gasteiger partial charge on any atom is -0.455 e. The predicted molar refractivity (Wildman–Crippen MR) is 97.7 cm³/mol. The Hall–Kier alpha value is -1.54. The number of rotatable bonds is 8. The monoisotopic (exact) mass is 416 g/mol. The molecular weight excluding hydrogens is 396 g/mol. The van der Waals surface area contributed by atoms with Gasteiger partial charge in [-0.3, -0.25) is 14.9 Å². The second kappa shape index (κ2) is 11.1.